The first kappa shape index (κ1) is 22.4. The van der Waals surface area contributed by atoms with Gasteiger partial charge < -0.3 is 26.0 Å². The first-order valence-corrected chi connectivity index (χ1v) is 9.33. The maximum absolute atomic E-state index is 12.7. The Morgan fingerprint density at radius 2 is 1.97 bits per heavy atom. The van der Waals surface area contributed by atoms with Crippen molar-refractivity contribution in [1.29, 1.82) is 0 Å². The number of methoxy groups -OCH3 is 1. The van der Waals surface area contributed by atoms with Crippen molar-refractivity contribution >= 4 is 41.4 Å². The number of piperidine rings is 1. The fraction of sp³-hybridized carbons (Fsp3) is 0.333. The van der Waals surface area contributed by atoms with Gasteiger partial charge in [-0.25, -0.2) is 4.79 Å². The summed E-state index contributed by atoms with van der Waals surface area (Å²) in [5.74, 6) is 0.183. The molecule has 29 heavy (non-hydrogen) atoms. The first-order valence-electron chi connectivity index (χ1n) is 9.33. The molecule has 0 aromatic heterocycles. The van der Waals surface area contributed by atoms with Gasteiger partial charge in [0.1, 0.15) is 5.75 Å². The van der Waals surface area contributed by atoms with Gasteiger partial charge in [-0.05, 0) is 49.6 Å². The summed E-state index contributed by atoms with van der Waals surface area (Å²) in [6.07, 6.45) is 1.50. The molecule has 1 aliphatic rings. The highest BCUT2D eigenvalue weighted by Gasteiger charge is 2.29. The largest absolute Gasteiger partial charge is 0.497 e. The lowest BCUT2D eigenvalue weighted by Crippen LogP contribution is -2.45. The summed E-state index contributed by atoms with van der Waals surface area (Å²) >= 11 is 0. The van der Waals surface area contributed by atoms with E-state index in [1.54, 1.807) is 30.2 Å². The van der Waals surface area contributed by atoms with Crippen LogP contribution < -0.4 is 21.1 Å². The van der Waals surface area contributed by atoms with Crippen LogP contribution in [0.4, 0.5) is 21.9 Å². The van der Waals surface area contributed by atoms with Crippen LogP contribution >= 0.6 is 12.4 Å². The number of nitrogens with zero attached hydrogens (tertiary/aromatic N) is 1. The number of ether oxygens (including phenoxy) is 1. The lowest BCUT2D eigenvalue weighted by molar-refractivity contribution is -0.121. The lowest BCUT2D eigenvalue weighted by Gasteiger charge is -2.32. The Kier molecular flexibility index (Phi) is 7.73. The van der Waals surface area contributed by atoms with Gasteiger partial charge in [0, 0.05) is 24.8 Å². The van der Waals surface area contributed by atoms with Crippen LogP contribution in [-0.4, -0.2) is 37.0 Å². The highest BCUT2D eigenvalue weighted by molar-refractivity contribution is 5.96. The van der Waals surface area contributed by atoms with E-state index in [1.807, 2.05) is 31.2 Å². The summed E-state index contributed by atoms with van der Waals surface area (Å²) in [4.78, 5) is 27.0. The Hall–Kier alpha value is -2.93. The van der Waals surface area contributed by atoms with E-state index in [0.29, 0.717) is 30.2 Å². The number of hydrogen-bond donors (Lipinski definition) is 3. The van der Waals surface area contributed by atoms with Crippen molar-refractivity contribution in [3.8, 4) is 5.75 Å². The lowest BCUT2D eigenvalue weighted by atomic mass is 9.97. The van der Waals surface area contributed by atoms with Crippen LogP contribution in [0.5, 0.6) is 5.75 Å². The molecule has 1 unspecified atom stereocenters. The average Bonchev–Trinajstić information content (AvgIpc) is 2.69. The third-order valence-electron chi connectivity index (χ3n) is 4.87. The molecule has 2 aromatic carbocycles. The third kappa shape index (κ3) is 5.77. The zero-order chi connectivity index (χ0) is 20.1. The summed E-state index contributed by atoms with van der Waals surface area (Å²) < 4.78 is 5.18. The van der Waals surface area contributed by atoms with Crippen LogP contribution in [0.2, 0.25) is 0 Å². The predicted octanol–water partition coefficient (Wildman–Crippen LogP) is 3.89. The van der Waals surface area contributed by atoms with E-state index in [2.05, 4.69) is 10.6 Å². The summed E-state index contributed by atoms with van der Waals surface area (Å²) in [5, 5.41) is 5.77. The number of hydrogen-bond acceptors (Lipinski definition) is 4. The topological polar surface area (TPSA) is 96.7 Å². The summed E-state index contributed by atoms with van der Waals surface area (Å²) in [7, 11) is 1.56. The van der Waals surface area contributed by atoms with Crippen LogP contribution in [-0.2, 0) is 4.79 Å². The number of aryl methyl sites for hydroxylation is 1. The number of nitrogen functional groups attached to an aromatic ring is 1. The van der Waals surface area contributed by atoms with E-state index in [9.17, 15) is 9.59 Å². The second-order valence-electron chi connectivity index (χ2n) is 7.03. The fourth-order valence-corrected chi connectivity index (χ4v) is 3.31. The van der Waals surface area contributed by atoms with Crippen LogP contribution in [0, 0.1) is 12.8 Å². The van der Waals surface area contributed by atoms with Crippen LogP contribution in [0.1, 0.15) is 18.4 Å². The Morgan fingerprint density at radius 3 is 2.69 bits per heavy atom. The van der Waals surface area contributed by atoms with E-state index in [4.69, 9.17) is 10.5 Å². The molecule has 1 aliphatic heterocycles. The van der Waals surface area contributed by atoms with E-state index in [0.717, 1.165) is 24.1 Å². The van der Waals surface area contributed by atoms with Crippen molar-refractivity contribution in [2.24, 2.45) is 5.92 Å². The fourth-order valence-electron chi connectivity index (χ4n) is 3.31. The Bertz CT molecular complexity index is 875. The van der Waals surface area contributed by atoms with Gasteiger partial charge in [0.05, 0.1) is 24.4 Å². The molecular formula is C21H27ClN4O3. The van der Waals surface area contributed by atoms with Gasteiger partial charge in [-0.15, -0.1) is 12.4 Å². The minimum absolute atomic E-state index is 0. The van der Waals surface area contributed by atoms with Crippen LogP contribution in [0.15, 0.2) is 42.5 Å². The van der Waals surface area contributed by atoms with Crippen molar-refractivity contribution in [1.82, 2.24) is 4.90 Å². The van der Waals surface area contributed by atoms with Crippen molar-refractivity contribution in [3.63, 3.8) is 0 Å². The van der Waals surface area contributed by atoms with Gasteiger partial charge in [0.15, 0.2) is 0 Å². The Balaban J connectivity index is 0.00000300. The molecule has 8 heteroatoms. The minimum Gasteiger partial charge on any atom is -0.497 e. The number of anilines is 3. The highest BCUT2D eigenvalue weighted by Crippen LogP contribution is 2.26. The van der Waals surface area contributed by atoms with Gasteiger partial charge in [-0.1, -0.05) is 12.1 Å². The van der Waals surface area contributed by atoms with Gasteiger partial charge in [0.25, 0.3) is 0 Å². The number of carbonyl (C=O) groups is 2. The van der Waals surface area contributed by atoms with Crippen molar-refractivity contribution in [3.05, 3.63) is 48.0 Å². The zero-order valence-corrected chi connectivity index (χ0v) is 17.4. The molecule has 7 nitrogen and oxygen atoms in total. The molecule has 1 atom stereocenters. The molecule has 0 spiro atoms. The van der Waals surface area contributed by atoms with E-state index in [-0.39, 0.29) is 30.3 Å². The summed E-state index contributed by atoms with van der Waals surface area (Å²) in [5.41, 5.74) is 8.77. The number of likely N-dealkylation sites (tertiary alicyclic amines) is 1. The SMILES string of the molecule is COc1ccc(N)c(NC(=O)C2CCCN(C(=O)Nc3cccc(C)c3)C2)c1.Cl. The van der Waals surface area contributed by atoms with Crippen molar-refractivity contribution in [2.75, 3.05) is 36.6 Å². The van der Waals surface area contributed by atoms with E-state index in [1.165, 1.54) is 0 Å². The van der Waals surface area contributed by atoms with Crippen molar-refractivity contribution in [2.45, 2.75) is 19.8 Å². The van der Waals surface area contributed by atoms with Crippen molar-refractivity contribution < 1.29 is 14.3 Å². The van der Waals surface area contributed by atoms with Crippen LogP contribution in [0.3, 0.4) is 0 Å². The quantitative estimate of drug-likeness (QED) is 0.656. The molecule has 3 rings (SSSR count). The number of amides is 3. The third-order valence-corrected chi connectivity index (χ3v) is 4.87. The number of carbonyl (C=O) groups excluding carboxylic acids is 2. The number of benzene rings is 2. The molecular weight excluding hydrogens is 392 g/mol. The van der Waals surface area contributed by atoms with Crippen LogP contribution in [0.25, 0.3) is 0 Å². The first-order chi connectivity index (χ1) is 13.5. The summed E-state index contributed by atoms with van der Waals surface area (Å²) in [6, 6.07) is 12.6. The normalized spacial score (nSPS) is 15.8. The molecule has 1 fully saturated rings. The maximum atomic E-state index is 12.7. The maximum Gasteiger partial charge on any atom is 0.321 e. The minimum atomic E-state index is -0.289. The van der Waals surface area contributed by atoms with Gasteiger partial charge in [-0.2, -0.15) is 0 Å². The molecule has 0 aliphatic carbocycles. The Morgan fingerprint density at radius 1 is 1.17 bits per heavy atom. The average molecular weight is 419 g/mol. The standard InChI is InChI=1S/C21H26N4O3.ClH/c1-14-5-3-7-16(11-14)23-21(27)25-10-4-6-15(13-25)20(26)24-19-12-17(28-2)8-9-18(19)22;/h3,5,7-9,11-12,15H,4,6,10,13,22H2,1-2H3,(H,23,27)(H,24,26);1H. The molecule has 156 valence electrons. The second-order valence-corrected chi connectivity index (χ2v) is 7.03. The van der Waals surface area contributed by atoms with Gasteiger partial charge in [0.2, 0.25) is 5.91 Å². The number of nitrogens with one attached hydrogen (secondary N) is 2. The predicted molar refractivity (Wildman–Crippen MR) is 118 cm³/mol. The molecule has 0 saturated carbocycles. The smallest absolute Gasteiger partial charge is 0.321 e. The molecule has 0 radical (unpaired) electrons. The molecule has 4 N–H and O–H groups in total. The number of halogens is 1. The van der Waals surface area contributed by atoms with E-state index >= 15 is 0 Å². The van der Waals surface area contributed by atoms with E-state index < -0.39 is 0 Å². The molecule has 2 aromatic rings. The Labute approximate surface area is 177 Å². The van der Waals surface area contributed by atoms with Gasteiger partial charge in [-0.3, -0.25) is 4.79 Å². The molecule has 3 amide bonds. The molecule has 0 bridgehead atoms. The number of urea groups is 1. The number of nitrogens with two attached hydrogens (primary N) is 1. The monoisotopic (exact) mass is 418 g/mol. The molecule has 1 saturated heterocycles. The number of rotatable bonds is 4. The summed E-state index contributed by atoms with van der Waals surface area (Å²) in [6.45, 7) is 2.97. The zero-order valence-electron chi connectivity index (χ0n) is 16.6. The highest BCUT2D eigenvalue weighted by atomic mass is 35.5. The molecule has 1 heterocycles. The van der Waals surface area contributed by atoms with Gasteiger partial charge >= 0.3 is 6.03 Å². The second kappa shape index (κ2) is 10.0.